The van der Waals surface area contributed by atoms with Crippen molar-refractivity contribution >= 4 is 11.7 Å². The number of rotatable bonds is 5. The summed E-state index contributed by atoms with van der Waals surface area (Å²) in [7, 11) is 1.51. The molecular formula is C13H16N2O4. The highest BCUT2D eigenvalue weighted by Crippen LogP contribution is 2.27. The molecule has 0 bridgehead atoms. The van der Waals surface area contributed by atoms with Crippen LogP contribution >= 0.6 is 0 Å². The molecule has 0 spiro atoms. The van der Waals surface area contributed by atoms with Crippen molar-refractivity contribution in [2.75, 3.05) is 13.7 Å². The Morgan fingerprint density at radius 2 is 2.05 bits per heavy atom. The number of aliphatic hydroxyl groups is 1. The zero-order valence-electron chi connectivity index (χ0n) is 11.1. The highest BCUT2D eigenvalue weighted by Gasteiger charge is 2.14. The number of nitrogens with zero attached hydrogens (tertiary/aromatic N) is 2. The molecule has 1 rings (SSSR count). The van der Waals surface area contributed by atoms with Gasteiger partial charge in [-0.15, -0.1) is 10.2 Å². The first-order valence-corrected chi connectivity index (χ1v) is 5.71. The zero-order valence-corrected chi connectivity index (χ0v) is 11.1. The number of ether oxygens (including phenoxy) is 2. The smallest absolute Gasteiger partial charge is 0.362 e. The summed E-state index contributed by atoms with van der Waals surface area (Å²) < 4.78 is 9.87. The first-order valence-electron chi connectivity index (χ1n) is 5.71. The molecule has 0 fully saturated rings. The third-order valence-electron chi connectivity index (χ3n) is 2.15. The van der Waals surface area contributed by atoms with Crippen LogP contribution in [0.15, 0.2) is 46.0 Å². The minimum Gasteiger partial charge on any atom is -0.510 e. The maximum absolute atomic E-state index is 11.5. The second-order valence-electron chi connectivity index (χ2n) is 3.53. The lowest BCUT2D eigenvalue weighted by atomic mass is 10.3. The Bertz CT molecular complexity index is 505. The van der Waals surface area contributed by atoms with E-state index in [1.54, 1.807) is 31.2 Å². The molecule has 1 aromatic carbocycles. The summed E-state index contributed by atoms with van der Waals surface area (Å²) in [5.41, 5.74) is 0.223. The molecule has 6 nitrogen and oxygen atoms in total. The van der Waals surface area contributed by atoms with Crippen LogP contribution in [0, 0.1) is 0 Å². The van der Waals surface area contributed by atoms with Crippen molar-refractivity contribution in [2.24, 2.45) is 10.2 Å². The quantitative estimate of drug-likeness (QED) is 0.383. The maximum atomic E-state index is 11.5. The number of allylic oxidation sites excluding steroid dienone is 1. The highest BCUT2D eigenvalue weighted by atomic mass is 16.5. The molecule has 0 unspecified atom stereocenters. The number of esters is 1. The SMILES string of the molecule is CCOC(=O)C(N=Nc1ccccc1OC)=C(C)O. The van der Waals surface area contributed by atoms with Gasteiger partial charge < -0.3 is 14.6 Å². The van der Waals surface area contributed by atoms with E-state index in [0.29, 0.717) is 11.4 Å². The predicted octanol–water partition coefficient (Wildman–Crippen LogP) is 3.13. The van der Waals surface area contributed by atoms with Crippen LogP contribution in [-0.4, -0.2) is 24.8 Å². The number of para-hydroxylation sites is 1. The molecule has 0 saturated carbocycles. The van der Waals surface area contributed by atoms with Crippen LogP contribution < -0.4 is 4.74 Å². The maximum Gasteiger partial charge on any atom is 0.362 e. The molecular weight excluding hydrogens is 248 g/mol. The van der Waals surface area contributed by atoms with E-state index in [2.05, 4.69) is 10.2 Å². The molecule has 102 valence electrons. The molecule has 0 aliphatic rings. The van der Waals surface area contributed by atoms with Crippen molar-refractivity contribution in [1.82, 2.24) is 0 Å². The third kappa shape index (κ3) is 4.09. The Labute approximate surface area is 111 Å². The van der Waals surface area contributed by atoms with E-state index in [-0.39, 0.29) is 18.1 Å². The lowest BCUT2D eigenvalue weighted by Gasteiger charge is -2.04. The van der Waals surface area contributed by atoms with Gasteiger partial charge in [0.2, 0.25) is 5.70 Å². The van der Waals surface area contributed by atoms with Gasteiger partial charge in [-0.1, -0.05) is 12.1 Å². The summed E-state index contributed by atoms with van der Waals surface area (Å²) in [4.78, 5) is 11.5. The molecule has 6 heteroatoms. The Morgan fingerprint density at radius 3 is 2.63 bits per heavy atom. The number of hydrogen-bond acceptors (Lipinski definition) is 6. The van der Waals surface area contributed by atoms with Crippen LogP contribution in [0.5, 0.6) is 5.75 Å². The number of azo groups is 1. The molecule has 0 atom stereocenters. The summed E-state index contributed by atoms with van der Waals surface area (Å²) in [6, 6.07) is 6.94. The fourth-order valence-corrected chi connectivity index (χ4v) is 1.28. The molecule has 1 N–H and O–H groups in total. The normalized spacial score (nSPS) is 12.2. The van der Waals surface area contributed by atoms with Gasteiger partial charge in [-0.2, -0.15) is 0 Å². The van der Waals surface area contributed by atoms with Crippen molar-refractivity contribution < 1.29 is 19.4 Å². The Hall–Kier alpha value is -2.37. The number of benzene rings is 1. The van der Waals surface area contributed by atoms with Crippen molar-refractivity contribution in [3.05, 3.63) is 35.7 Å². The summed E-state index contributed by atoms with van der Waals surface area (Å²) in [6.45, 7) is 3.20. The van der Waals surface area contributed by atoms with Gasteiger partial charge in [-0.05, 0) is 26.0 Å². The van der Waals surface area contributed by atoms with Gasteiger partial charge in [0.1, 0.15) is 17.2 Å². The van der Waals surface area contributed by atoms with E-state index >= 15 is 0 Å². The molecule has 0 aliphatic carbocycles. The minimum atomic E-state index is -0.721. The van der Waals surface area contributed by atoms with E-state index in [0.717, 1.165) is 0 Å². The van der Waals surface area contributed by atoms with Crippen molar-refractivity contribution in [3.63, 3.8) is 0 Å². The number of carbonyl (C=O) groups excluding carboxylic acids is 1. The minimum absolute atomic E-state index is 0.194. The summed E-state index contributed by atoms with van der Waals surface area (Å²) in [5, 5.41) is 17.0. The third-order valence-corrected chi connectivity index (χ3v) is 2.15. The number of methoxy groups -OCH3 is 1. The van der Waals surface area contributed by atoms with E-state index in [1.165, 1.54) is 14.0 Å². The highest BCUT2D eigenvalue weighted by molar-refractivity contribution is 5.88. The number of aliphatic hydroxyl groups excluding tert-OH is 1. The average Bonchev–Trinajstić information content (AvgIpc) is 2.39. The van der Waals surface area contributed by atoms with Crippen LogP contribution in [0.2, 0.25) is 0 Å². The summed E-state index contributed by atoms with van der Waals surface area (Å²) in [5.74, 6) is -0.455. The monoisotopic (exact) mass is 264 g/mol. The standard InChI is InChI=1S/C13H16N2O4/c1-4-19-13(17)12(9(2)16)15-14-10-7-5-6-8-11(10)18-3/h5-8,16H,4H2,1-3H3. The van der Waals surface area contributed by atoms with Crippen molar-refractivity contribution in [2.45, 2.75) is 13.8 Å². The van der Waals surface area contributed by atoms with Crippen LogP contribution in [0.1, 0.15) is 13.8 Å². The molecule has 0 amide bonds. The number of hydrogen-bond donors (Lipinski definition) is 1. The van der Waals surface area contributed by atoms with Crippen LogP contribution in [-0.2, 0) is 9.53 Å². The average molecular weight is 264 g/mol. The van der Waals surface area contributed by atoms with E-state index < -0.39 is 5.97 Å². The number of carbonyl (C=O) groups is 1. The molecule has 0 radical (unpaired) electrons. The first kappa shape index (κ1) is 14.7. The topological polar surface area (TPSA) is 80.5 Å². The second-order valence-corrected chi connectivity index (χ2v) is 3.53. The second kappa shape index (κ2) is 7.15. The van der Waals surface area contributed by atoms with Gasteiger partial charge in [-0.3, -0.25) is 0 Å². The van der Waals surface area contributed by atoms with Gasteiger partial charge in [0.05, 0.1) is 13.7 Å². The molecule has 1 aromatic rings. The van der Waals surface area contributed by atoms with Crippen LogP contribution in [0.3, 0.4) is 0 Å². The van der Waals surface area contributed by atoms with Gasteiger partial charge in [0.15, 0.2) is 0 Å². The largest absolute Gasteiger partial charge is 0.510 e. The molecule has 0 heterocycles. The lowest BCUT2D eigenvalue weighted by molar-refractivity contribution is -0.138. The van der Waals surface area contributed by atoms with Crippen LogP contribution in [0.4, 0.5) is 5.69 Å². The molecule has 0 aliphatic heterocycles. The fraction of sp³-hybridized carbons (Fsp3) is 0.308. The van der Waals surface area contributed by atoms with E-state index in [4.69, 9.17) is 9.47 Å². The molecule has 0 saturated heterocycles. The van der Waals surface area contributed by atoms with Crippen LogP contribution in [0.25, 0.3) is 0 Å². The Kier molecular flexibility index (Phi) is 5.53. The Morgan fingerprint density at radius 1 is 1.37 bits per heavy atom. The van der Waals surface area contributed by atoms with Gasteiger partial charge in [0, 0.05) is 0 Å². The zero-order chi connectivity index (χ0) is 14.3. The van der Waals surface area contributed by atoms with Gasteiger partial charge in [-0.25, -0.2) is 4.79 Å². The van der Waals surface area contributed by atoms with Crippen molar-refractivity contribution in [3.8, 4) is 5.75 Å². The van der Waals surface area contributed by atoms with E-state index in [9.17, 15) is 9.90 Å². The summed E-state index contributed by atoms with van der Waals surface area (Å²) in [6.07, 6.45) is 0. The lowest BCUT2D eigenvalue weighted by Crippen LogP contribution is -2.07. The predicted molar refractivity (Wildman–Crippen MR) is 69.5 cm³/mol. The van der Waals surface area contributed by atoms with E-state index in [1.807, 2.05) is 0 Å². The van der Waals surface area contributed by atoms with Gasteiger partial charge >= 0.3 is 5.97 Å². The summed E-state index contributed by atoms with van der Waals surface area (Å²) >= 11 is 0. The molecule has 0 aromatic heterocycles. The fourth-order valence-electron chi connectivity index (χ4n) is 1.28. The Balaban J connectivity index is 3.00. The van der Waals surface area contributed by atoms with Crippen molar-refractivity contribution in [1.29, 1.82) is 0 Å². The first-order chi connectivity index (χ1) is 9.10. The molecule has 19 heavy (non-hydrogen) atoms. The van der Waals surface area contributed by atoms with Gasteiger partial charge in [0.25, 0.3) is 0 Å².